The molecule has 0 aromatic rings. The third kappa shape index (κ3) is 1.66. The van der Waals surface area contributed by atoms with E-state index in [1.165, 1.54) is 37.7 Å². The Labute approximate surface area is 86.5 Å². The predicted octanol–water partition coefficient (Wildman–Crippen LogP) is 3.20. The predicted molar refractivity (Wildman–Crippen MR) is 59.0 cm³/mol. The van der Waals surface area contributed by atoms with Gasteiger partial charge in [0, 0.05) is 5.92 Å². The Morgan fingerprint density at radius 1 is 1.50 bits per heavy atom. The van der Waals surface area contributed by atoms with Gasteiger partial charge in [-0.2, -0.15) is 0 Å². The van der Waals surface area contributed by atoms with Gasteiger partial charge in [-0.3, -0.25) is 0 Å². The van der Waals surface area contributed by atoms with Crippen LogP contribution in [0.15, 0.2) is 23.8 Å². The second kappa shape index (κ2) is 3.90. The lowest BCUT2D eigenvalue weighted by Crippen LogP contribution is -2.46. The number of allylic oxidation sites excluding steroid dienone is 2. The first-order chi connectivity index (χ1) is 6.76. The molecule has 0 unspecified atom stereocenters. The molecule has 78 valence electrons. The number of rotatable bonds is 2. The van der Waals surface area contributed by atoms with Crippen molar-refractivity contribution in [2.75, 3.05) is 0 Å². The highest BCUT2D eigenvalue weighted by Crippen LogP contribution is 2.46. The second-order valence-corrected chi connectivity index (χ2v) is 4.61. The smallest absolute Gasteiger partial charge is 0.0892 e. The van der Waals surface area contributed by atoms with E-state index in [1.54, 1.807) is 0 Å². The summed E-state index contributed by atoms with van der Waals surface area (Å²) in [7, 11) is 0. The van der Waals surface area contributed by atoms with Gasteiger partial charge < -0.3 is 5.11 Å². The van der Waals surface area contributed by atoms with E-state index >= 15 is 0 Å². The van der Waals surface area contributed by atoms with Gasteiger partial charge >= 0.3 is 0 Å². The maximum atomic E-state index is 10.3. The molecule has 1 saturated carbocycles. The Bertz CT molecular complexity index is 264. The van der Waals surface area contributed by atoms with Crippen LogP contribution in [0.2, 0.25) is 0 Å². The van der Waals surface area contributed by atoms with E-state index in [-0.39, 0.29) is 0 Å². The molecule has 2 atom stereocenters. The van der Waals surface area contributed by atoms with Gasteiger partial charge in [-0.05, 0) is 45.4 Å². The van der Waals surface area contributed by atoms with Gasteiger partial charge in [0.2, 0.25) is 0 Å². The van der Waals surface area contributed by atoms with Crippen LogP contribution in [0, 0.1) is 5.92 Å². The molecule has 1 nitrogen and oxygen atoms in total. The number of aliphatic hydroxyl groups is 1. The van der Waals surface area contributed by atoms with Crippen LogP contribution in [0.1, 0.15) is 45.4 Å². The van der Waals surface area contributed by atoms with Crippen LogP contribution in [0.25, 0.3) is 0 Å². The van der Waals surface area contributed by atoms with Crippen LogP contribution in [-0.4, -0.2) is 10.7 Å². The molecule has 14 heavy (non-hydrogen) atoms. The summed E-state index contributed by atoms with van der Waals surface area (Å²) in [5.74, 6) is 0.430. The average molecular weight is 192 g/mol. The van der Waals surface area contributed by atoms with Gasteiger partial charge in [0.15, 0.2) is 0 Å². The van der Waals surface area contributed by atoms with Crippen molar-refractivity contribution in [1.82, 2.24) is 0 Å². The molecule has 0 aliphatic heterocycles. The van der Waals surface area contributed by atoms with E-state index in [0.29, 0.717) is 5.92 Å². The van der Waals surface area contributed by atoms with Gasteiger partial charge in [-0.1, -0.05) is 23.8 Å². The lowest BCUT2D eigenvalue weighted by molar-refractivity contribution is -0.0356. The van der Waals surface area contributed by atoms with Crippen LogP contribution in [-0.2, 0) is 0 Å². The Kier molecular flexibility index (Phi) is 2.78. The third-order valence-electron chi connectivity index (χ3n) is 3.67. The van der Waals surface area contributed by atoms with Gasteiger partial charge in [-0.15, -0.1) is 0 Å². The van der Waals surface area contributed by atoms with Gasteiger partial charge in [0.1, 0.15) is 0 Å². The third-order valence-corrected chi connectivity index (χ3v) is 3.67. The first kappa shape index (κ1) is 9.97. The minimum atomic E-state index is -0.502. The fraction of sp³-hybridized carbons (Fsp3) is 0.692. The summed E-state index contributed by atoms with van der Waals surface area (Å²) < 4.78 is 0. The van der Waals surface area contributed by atoms with Gasteiger partial charge in [0.05, 0.1) is 5.60 Å². The van der Waals surface area contributed by atoms with Crippen molar-refractivity contribution >= 4 is 0 Å². The molecule has 1 N–H and O–H groups in total. The lowest BCUT2D eigenvalue weighted by atomic mass is 9.64. The highest BCUT2D eigenvalue weighted by Gasteiger charge is 2.44. The number of hydrogen-bond acceptors (Lipinski definition) is 1. The molecule has 0 saturated heterocycles. The zero-order valence-electron chi connectivity index (χ0n) is 9.00. The summed E-state index contributed by atoms with van der Waals surface area (Å²) in [6, 6.07) is 0. The molecule has 1 fully saturated rings. The Morgan fingerprint density at radius 3 is 2.86 bits per heavy atom. The minimum absolute atomic E-state index is 0.430. The van der Waals surface area contributed by atoms with Crippen LogP contribution in [0.3, 0.4) is 0 Å². The van der Waals surface area contributed by atoms with E-state index in [1.807, 2.05) is 19.1 Å². The van der Waals surface area contributed by atoms with E-state index in [4.69, 9.17) is 0 Å². The van der Waals surface area contributed by atoms with Crippen LogP contribution in [0.5, 0.6) is 0 Å². The van der Waals surface area contributed by atoms with Crippen LogP contribution >= 0.6 is 0 Å². The largest absolute Gasteiger partial charge is 0.385 e. The fourth-order valence-corrected chi connectivity index (χ4v) is 2.76. The molecular weight excluding hydrogens is 172 g/mol. The first-order valence-electron chi connectivity index (χ1n) is 5.81. The molecule has 0 aromatic heterocycles. The number of hydrogen-bond donors (Lipinski definition) is 1. The van der Waals surface area contributed by atoms with E-state index in [0.717, 1.165) is 6.42 Å². The summed E-state index contributed by atoms with van der Waals surface area (Å²) in [5.41, 5.74) is 1.01. The average Bonchev–Trinajstić information content (AvgIpc) is 2.18. The Hall–Kier alpha value is -0.560. The van der Waals surface area contributed by atoms with Crippen molar-refractivity contribution < 1.29 is 5.11 Å². The maximum Gasteiger partial charge on any atom is 0.0892 e. The van der Waals surface area contributed by atoms with Crippen molar-refractivity contribution in [1.29, 1.82) is 0 Å². The maximum absolute atomic E-state index is 10.3. The SMILES string of the molecule is C/C=C\[C@@]1(O)CC[C@H]1C1=CCCCC1. The molecule has 0 heterocycles. The quantitative estimate of drug-likeness (QED) is 0.666. The molecule has 2 aliphatic carbocycles. The molecule has 0 radical (unpaired) electrons. The molecule has 0 spiro atoms. The summed E-state index contributed by atoms with van der Waals surface area (Å²) in [6.07, 6.45) is 13.5. The highest BCUT2D eigenvalue weighted by atomic mass is 16.3. The summed E-state index contributed by atoms with van der Waals surface area (Å²) in [4.78, 5) is 0. The lowest BCUT2D eigenvalue weighted by Gasteiger charge is -2.45. The van der Waals surface area contributed by atoms with Crippen LogP contribution < -0.4 is 0 Å². The molecule has 0 amide bonds. The van der Waals surface area contributed by atoms with E-state index in [2.05, 4.69) is 6.08 Å². The van der Waals surface area contributed by atoms with Crippen LogP contribution in [0.4, 0.5) is 0 Å². The Morgan fingerprint density at radius 2 is 2.36 bits per heavy atom. The first-order valence-corrected chi connectivity index (χ1v) is 5.81. The van der Waals surface area contributed by atoms with Crippen molar-refractivity contribution in [2.24, 2.45) is 5.92 Å². The molecule has 0 aromatic carbocycles. The molecule has 2 rings (SSSR count). The summed E-state index contributed by atoms with van der Waals surface area (Å²) in [6.45, 7) is 1.99. The van der Waals surface area contributed by atoms with Gasteiger partial charge in [0.25, 0.3) is 0 Å². The van der Waals surface area contributed by atoms with Crippen molar-refractivity contribution in [3.05, 3.63) is 23.8 Å². The molecule has 1 heteroatoms. The minimum Gasteiger partial charge on any atom is -0.385 e. The molecular formula is C13H20O. The topological polar surface area (TPSA) is 20.2 Å². The van der Waals surface area contributed by atoms with E-state index < -0.39 is 5.60 Å². The van der Waals surface area contributed by atoms with Crippen molar-refractivity contribution in [3.63, 3.8) is 0 Å². The Balaban J connectivity index is 2.08. The van der Waals surface area contributed by atoms with Crippen molar-refractivity contribution in [3.8, 4) is 0 Å². The van der Waals surface area contributed by atoms with Crippen molar-refractivity contribution in [2.45, 2.75) is 51.0 Å². The normalized spacial score (nSPS) is 38.1. The standard InChI is InChI=1S/C13H20O/c1-2-9-13(14)10-8-12(13)11-6-4-3-5-7-11/h2,6,9,12,14H,3-5,7-8,10H2,1H3/b9-2-/t12-,13+/m0/s1. The molecule has 0 bridgehead atoms. The van der Waals surface area contributed by atoms with E-state index in [9.17, 15) is 5.11 Å². The van der Waals surface area contributed by atoms with Gasteiger partial charge in [-0.25, -0.2) is 0 Å². The second-order valence-electron chi connectivity index (χ2n) is 4.61. The monoisotopic (exact) mass is 192 g/mol. The zero-order valence-corrected chi connectivity index (χ0v) is 9.00. The summed E-state index contributed by atoms with van der Waals surface area (Å²) >= 11 is 0. The fourth-order valence-electron chi connectivity index (χ4n) is 2.76. The highest BCUT2D eigenvalue weighted by molar-refractivity contribution is 5.24. The molecule has 2 aliphatic rings. The zero-order chi connectivity index (χ0) is 10.0. The summed E-state index contributed by atoms with van der Waals surface area (Å²) in [5, 5.41) is 10.3.